The Morgan fingerprint density at radius 1 is 0.288 bits per heavy atom. The molecule has 2 nitrogen and oxygen atoms in total. The molecule has 0 N–H and O–H groups in total. The summed E-state index contributed by atoms with van der Waals surface area (Å²) >= 11 is 0. The van der Waals surface area contributed by atoms with E-state index in [4.69, 9.17) is 0 Å². The molecule has 0 aliphatic heterocycles. The number of nitrogens with zero attached hydrogens (tertiary/aromatic N) is 2. The summed E-state index contributed by atoms with van der Waals surface area (Å²) in [7, 11) is 0. The zero-order chi connectivity index (χ0) is 43.6. The van der Waals surface area contributed by atoms with Gasteiger partial charge < -0.3 is 9.47 Å². The summed E-state index contributed by atoms with van der Waals surface area (Å²) in [6.45, 7) is 0. The van der Waals surface area contributed by atoms with E-state index in [1.807, 2.05) is 0 Å². The van der Waals surface area contributed by atoms with Gasteiger partial charge in [0.25, 0.3) is 0 Å². The van der Waals surface area contributed by atoms with Crippen molar-refractivity contribution in [3.8, 4) is 39.1 Å². The lowest BCUT2D eigenvalue weighted by Crippen LogP contribution is -2.10. The van der Waals surface area contributed by atoms with Gasteiger partial charge in [0.15, 0.2) is 0 Å². The lowest BCUT2D eigenvalue weighted by atomic mass is 9.85. The molecule has 0 aliphatic rings. The number of aromatic nitrogens is 1. The molecule has 66 heavy (non-hydrogen) atoms. The molecule has 0 spiro atoms. The van der Waals surface area contributed by atoms with Crippen molar-refractivity contribution in [1.29, 1.82) is 0 Å². The Kier molecular flexibility index (Phi) is 8.89. The van der Waals surface area contributed by atoms with Crippen LogP contribution in [0, 0.1) is 0 Å². The van der Waals surface area contributed by atoms with Crippen LogP contribution in [0.1, 0.15) is 0 Å². The Hall–Kier alpha value is -8.72. The monoisotopic (exact) mass is 838 g/mol. The van der Waals surface area contributed by atoms with E-state index in [-0.39, 0.29) is 0 Å². The first-order valence-electron chi connectivity index (χ1n) is 22.8. The summed E-state index contributed by atoms with van der Waals surface area (Å²) in [6, 6.07) is 93.3. The summed E-state index contributed by atoms with van der Waals surface area (Å²) in [4.78, 5) is 2.47. The van der Waals surface area contributed by atoms with Gasteiger partial charge in [-0.05, 0) is 126 Å². The topological polar surface area (TPSA) is 8.17 Å². The van der Waals surface area contributed by atoms with E-state index in [2.05, 4.69) is 264 Å². The molecular weight excluding hydrogens is 797 g/mol. The van der Waals surface area contributed by atoms with Crippen molar-refractivity contribution in [1.82, 2.24) is 4.57 Å². The smallest absolute Gasteiger partial charge is 0.0547 e. The quantitative estimate of drug-likeness (QED) is 0.145. The fourth-order valence-electron chi connectivity index (χ4n) is 10.7. The highest BCUT2D eigenvalue weighted by molar-refractivity contribution is 6.23. The predicted octanol–water partition coefficient (Wildman–Crippen LogP) is 17.9. The number of hydrogen-bond acceptors (Lipinski definition) is 1. The van der Waals surface area contributed by atoms with Gasteiger partial charge in [-0.15, -0.1) is 0 Å². The molecule has 13 rings (SSSR count). The second-order valence-corrected chi connectivity index (χ2v) is 17.2. The van der Waals surface area contributed by atoms with Gasteiger partial charge in [0.1, 0.15) is 0 Å². The molecular formula is C64H42N2. The minimum Gasteiger partial charge on any atom is -0.310 e. The number of benzene rings is 12. The molecule has 0 unspecified atom stereocenters. The highest BCUT2D eigenvalue weighted by Gasteiger charge is 2.22. The SMILES string of the molecule is c1ccc(-c2c(-c3ccccc3)c3cc(N(c4ccc(-c5cccc6c5c5ccccc5n6-c5ccccc5)cc4)c4cccc5c4ccc4ccccc45)ccc3c3ccccc23)cc1. The largest absolute Gasteiger partial charge is 0.310 e. The van der Waals surface area contributed by atoms with Crippen LogP contribution in [0.25, 0.3) is 104 Å². The van der Waals surface area contributed by atoms with Crippen LogP contribution >= 0.6 is 0 Å². The molecule has 0 atom stereocenters. The number of anilines is 3. The van der Waals surface area contributed by atoms with Gasteiger partial charge in [-0.3, -0.25) is 0 Å². The molecule has 0 fully saturated rings. The van der Waals surface area contributed by atoms with Crippen LogP contribution in [-0.2, 0) is 0 Å². The van der Waals surface area contributed by atoms with Crippen LogP contribution in [0.5, 0.6) is 0 Å². The molecule has 12 aromatic carbocycles. The molecule has 1 heterocycles. The standard InChI is InChI=1S/C64H42N2/c1-4-19-45(20-5-1)62-56-27-13-12-26-53(56)54-41-39-49(42-58(54)63(62)46-21-6-2-7-22-46)65(59-32-17-30-52-50-25-11-10-18-43(50)36-40-55(52)59)48-37-34-44(35-38-48)51-29-16-33-61-64(51)57-28-14-15-31-60(57)66(61)47-23-8-3-9-24-47/h1-42H. The van der Waals surface area contributed by atoms with Crippen LogP contribution in [0.4, 0.5) is 17.1 Å². The average molecular weight is 839 g/mol. The van der Waals surface area contributed by atoms with Gasteiger partial charge >= 0.3 is 0 Å². The lowest BCUT2D eigenvalue weighted by Gasteiger charge is -2.28. The zero-order valence-electron chi connectivity index (χ0n) is 36.1. The first-order valence-corrected chi connectivity index (χ1v) is 22.8. The maximum absolute atomic E-state index is 2.47. The number of para-hydroxylation sites is 2. The molecule has 0 saturated carbocycles. The van der Waals surface area contributed by atoms with Crippen LogP contribution < -0.4 is 4.90 Å². The molecule has 1 aromatic heterocycles. The predicted molar refractivity (Wildman–Crippen MR) is 282 cm³/mol. The van der Waals surface area contributed by atoms with E-state index >= 15 is 0 Å². The Morgan fingerprint density at radius 3 is 1.58 bits per heavy atom. The van der Waals surface area contributed by atoms with Crippen LogP contribution in [0.2, 0.25) is 0 Å². The van der Waals surface area contributed by atoms with Crippen molar-refractivity contribution in [3.05, 3.63) is 255 Å². The van der Waals surface area contributed by atoms with Crippen LogP contribution in [0.3, 0.4) is 0 Å². The highest BCUT2D eigenvalue weighted by atomic mass is 15.1. The number of hydrogen-bond donors (Lipinski definition) is 0. The van der Waals surface area contributed by atoms with Gasteiger partial charge in [-0.25, -0.2) is 0 Å². The van der Waals surface area contributed by atoms with Crippen molar-refractivity contribution >= 4 is 82.0 Å². The molecule has 0 saturated heterocycles. The zero-order valence-corrected chi connectivity index (χ0v) is 36.1. The van der Waals surface area contributed by atoms with E-state index in [0.29, 0.717) is 0 Å². The third-order valence-electron chi connectivity index (χ3n) is 13.5. The van der Waals surface area contributed by atoms with Crippen molar-refractivity contribution in [2.45, 2.75) is 0 Å². The molecule has 13 aromatic rings. The maximum Gasteiger partial charge on any atom is 0.0547 e. The highest BCUT2D eigenvalue weighted by Crippen LogP contribution is 2.48. The van der Waals surface area contributed by atoms with Crippen LogP contribution in [0.15, 0.2) is 255 Å². The summed E-state index contributed by atoms with van der Waals surface area (Å²) < 4.78 is 2.39. The second-order valence-electron chi connectivity index (χ2n) is 17.2. The fourth-order valence-corrected chi connectivity index (χ4v) is 10.7. The van der Waals surface area contributed by atoms with E-state index in [1.54, 1.807) is 0 Å². The third kappa shape index (κ3) is 6.04. The maximum atomic E-state index is 2.47. The molecule has 0 aliphatic carbocycles. The van der Waals surface area contributed by atoms with Gasteiger partial charge in [0.05, 0.1) is 16.7 Å². The number of rotatable bonds is 7. The molecule has 2 heteroatoms. The van der Waals surface area contributed by atoms with E-state index < -0.39 is 0 Å². The number of fused-ring (bicyclic) bond motifs is 9. The Balaban J connectivity index is 1.06. The van der Waals surface area contributed by atoms with E-state index in [1.165, 1.54) is 98.3 Å². The first-order chi connectivity index (χ1) is 32.8. The molecule has 308 valence electrons. The minimum atomic E-state index is 1.09. The van der Waals surface area contributed by atoms with Crippen LogP contribution in [-0.4, -0.2) is 4.57 Å². The van der Waals surface area contributed by atoms with Crippen molar-refractivity contribution in [2.75, 3.05) is 4.90 Å². The summed E-state index contributed by atoms with van der Waals surface area (Å²) in [6.07, 6.45) is 0. The summed E-state index contributed by atoms with van der Waals surface area (Å²) in [5.74, 6) is 0. The second kappa shape index (κ2) is 15.5. The van der Waals surface area contributed by atoms with Gasteiger partial charge in [-0.2, -0.15) is 0 Å². The van der Waals surface area contributed by atoms with Gasteiger partial charge in [0.2, 0.25) is 0 Å². The Morgan fingerprint density at radius 2 is 0.818 bits per heavy atom. The van der Waals surface area contributed by atoms with Crippen molar-refractivity contribution < 1.29 is 0 Å². The fraction of sp³-hybridized carbons (Fsp3) is 0. The Labute approximate surface area is 383 Å². The first kappa shape index (κ1) is 37.8. The normalized spacial score (nSPS) is 11.6. The molecule has 0 bridgehead atoms. The molecule has 0 amide bonds. The molecule has 0 radical (unpaired) electrons. The van der Waals surface area contributed by atoms with Crippen molar-refractivity contribution in [3.63, 3.8) is 0 Å². The average Bonchev–Trinajstić information content (AvgIpc) is 3.74. The van der Waals surface area contributed by atoms with E-state index in [0.717, 1.165) is 22.7 Å². The third-order valence-corrected chi connectivity index (χ3v) is 13.5. The Bertz CT molecular complexity index is 3960. The van der Waals surface area contributed by atoms with Gasteiger partial charge in [0, 0.05) is 33.2 Å². The van der Waals surface area contributed by atoms with E-state index in [9.17, 15) is 0 Å². The minimum absolute atomic E-state index is 1.09. The lowest BCUT2D eigenvalue weighted by molar-refractivity contribution is 1.18. The van der Waals surface area contributed by atoms with Crippen molar-refractivity contribution in [2.24, 2.45) is 0 Å². The summed E-state index contributed by atoms with van der Waals surface area (Å²) in [5.41, 5.74) is 14.1. The summed E-state index contributed by atoms with van der Waals surface area (Å²) in [5, 5.41) is 12.4. The van der Waals surface area contributed by atoms with Gasteiger partial charge in [-0.1, -0.05) is 200 Å².